The summed E-state index contributed by atoms with van der Waals surface area (Å²) < 4.78 is 0. The van der Waals surface area contributed by atoms with Gasteiger partial charge in [-0.2, -0.15) is 0 Å². The standard InChI is InChI=1S/C12H24N2O/c1-4-7-12(3,13)11(15)14-9(2)8-10-5-6-10/h9-10H,4-8,13H2,1-3H3,(H,14,15). The predicted molar refractivity (Wildman–Crippen MR) is 62.4 cm³/mol. The van der Waals surface area contributed by atoms with Crippen molar-refractivity contribution in [1.29, 1.82) is 0 Å². The SMILES string of the molecule is CCCC(C)(N)C(=O)NC(C)CC1CC1. The van der Waals surface area contributed by atoms with E-state index in [-0.39, 0.29) is 11.9 Å². The summed E-state index contributed by atoms with van der Waals surface area (Å²) in [7, 11) is 0. The van der Waals surface area contributed by atoms with Gasteiger partial charge < -0.3 is 11.1 Å². The summed E-state index contributed by atoms with van der Waals surface area (Å²) in [6.07, 6.45) is 5.45. The molecule has 0 aromatic heterocycles. The topological polar surface area (TPSA) is 55.1 Å². The first-order valence-electron chi connectivity index (χ1n) is 6.05. The molecule has 1 aliphatic carbocycles. The number of rotatable bonds is 6. The van der Waals surface area contributed by atoms with Crippen LogP contribution in [0.1, 0.15) is 52.9 Å². The Kier molecular flexibility index (Phi) is 4.14. The first-order valence-corrected chi connectivity index (χ1v) is 6.05. The van der Waals surface area contributed by atoms with Crippen LogP contribution in [0.2, 0.25) is 0 Å². The number of hydrogen-bond donors (Lipinski definition) is 2. The van der Waals surface area contributed by atoms with Crippen LogP contribution >= 0.6 is 0 Å². The molecular weight excluding hydrogens is 188 g/mol. The third-order valence-corrected chi connectivity index (χ3v) is 3.05. The fourth-order valence-electron chi connectivity index (χ4n) is 1.93. The molecule has 3 heteroatoms. The third-order valence-electron chi connectivity index (χ3n) is 3.05. The second-order valence-corrected chi connectivity index (χ2v) is 5.22. The Bertz CT molecular complexity index is 222. The molecule has 1 amide bonds. The highest BCUT2D eigenvalue weighted by molar-refractivity contribution is 5.85. The Labute approximate surface area is 92.8 Å². The van der Waals surface area contributed by atoms with E-state index in [0.29, 0.717) is 0 Å². The zero-order chi connectivity index (χ0) is 11.5. The molecule has 0 spiro atoms. The van der Waals surface area contributed by atoms with Crippen molar-refractivity contribution >= 4 is 5.91 Å². The fourth-order valence-corrected chi connectivity index (χ4v) is 1.93. The molecule has 3 N–H and O–H groups in total. The lowest BCUT2D eigenvalue weighted by molar-refractivity contribution is -0.126. The van der Waals surface area contributed by atoms with Crippen LogP contribution < -0.4 is 11.1 Å². The lowest BCUT2D eigenvalue weighted by atomic mass is 9.96. The summed E-state index contributed by atoms with van der Waals surface area (Å²) in [4.78, 5) is 11.8. The van der Waals surface area contributed by atoms with Gasteiger partial charge in [0, 0.05) is 6.04 Å². The van der Waals surface area contributed by atoms with Crippen molar-refractivity contribution in [2.75, 3.05) is 0 Å². The van der Waals surface area contributed by atoms with E-state index in [1.807, 2.05) is 13.8 Å². The summed E-state index contributed by atoms with van der Waals surface area (Å²) in [5.74, 6) is 0.841. The van der Waals surface area contributed by atoms with Gasteiger partial charge >= 0.3 is 0 Å². The van der Waals surface area contributed by atoms with E-state index < -0.39 is 5.54 Å². The molecule has 2 atom stereocenters. The van der Waals surface area contributed by atoms with E-state index in [1.54, 1.807) is 0 Å². The van der Waals surface area contributed by atoms with E-state index in [0.717, 1.165) is 25.2 Å². The zero-order valence-corrected chi connectivity index (χ0v) is 10.2. The van der Waals surface area contributed by atoms with Crippen molar-refractivity contribution in [3.8, 4) is 0 Å². The summed E-state index contributed by atoms with van der Waals surface area (Å²) in [5, 5.41) is 3.01. The molecule has 0 radical (unpaired) electrons. The van der Waals surface area contributed by atoms with Crippen molar-refractivity contribution in [1.82, 2.24) is 5.32 Å². The van der Waals surface area contributed by atoms with Crippen LogP contribution in [0.3, 0.4) is 0 Å². The van der Waals surface area contributed by atoms with E-state index >= 15 is 0 Å². The lowest BCUT2D eigenvalue weighted by Crippen LogP contribution is -2.53. The van der Waals surface area contributed by atoms with Crippen LogP contribution in [0.25, 0.3) is 0 Å². The Hall–Kier alpha value is -0.570. The Morgan fingerprint density at radius 2 is 2.20 bits per heavy atom. The molecule has 0 aliphatic heterocycles. The van der Waals surface area contributed by atoms with Crippen molar-refractivity contribution in [3.05, 3.63) is 0 Å². The zero-order valence-electron chi connectivity index (χ0n) is 10.2. The average Bonchev–Trinajstić information content (AvgIpc) is 2.87. The minimum Gasteiger partial charge on any atom is -0.352 e. The number of carbonyl (C=O) groups is 1. The first kappa shape index (κ1) is 12.5. The van der Waals surface area contributed by atoms with E-state index in [2.05, 4.69) is 12.2 Å². The molecule has 1 fully saturated rings. The summed E-state index contributed by atoms with van der Waals surface area (Å²) in [5.41, 5.74) is 5.25. The van der Waals surface area contributed by atoms with Gasteiger partial charge in [0.25, 0.3) is 0 Å². The van der Waals surface area contributed by atoms with Gasteiger partial charge in [-0.25, -0.2) is 0 Å². The molecule has 0 aromatic rings. The first-order chi connectivity index (χ1) is 6.95. The molecule has 1 rings (SSSR count). The fraction of sp³-hybridized carbons (Fsp3) is 0.917. The molecule has 15 heavy (non-hydrogen) atoms. The number of amides is 1. The van der Waals surface area contributed by atoms with Gasteiger partial charge in [0.05, 0.1) is 5.54 Å². The van der Waals surface area contributed by atoms with Gasteiger partial charge in [0.15, 0.2) is 0 Å². The predicted octanol–water partition coefficient (Wildman–Crippen LogP) is 1.81. The van der Waals surface area contributed by atoms with Gasteiger partial charge in [-0.3, -0.25) is 4.79 Å². The molecule has 2 unspecified atom stereocenters. The Morgan fingerprint density at radius 3 is 2.67 bits per heavy atom. The molecule has 1 aliphatic rings. The minimum absolute atomic E-state index is 0.00231. The molecule has 1 saturated carbocycles. The number of nitrogens with one attached hydrogen (secondary N) is 1. The molecular formula is C12H24N2O. The maximum absolute atomic E-state index is 11.8. The van der Waals surface area contributed by atoms with Crippen LogP contribution in [0.5, 0.6) is 0 Å². The number of carbonyl (C=O) groups excluding carboxylic acids is 1. The van der Waals surface area contributed by atoms with Gasteiger partial charge in [0.2, 0.25) is 5.91 Å². The normalized spacial score (nSPS) is 21.9. The van der Waals surface area contributed by atoms with Gasteiger partial charge in [-0.15, -0.1) is 0 Å². The Morgan fingerprint density at radius 1 is 1.60 bits per heavy atom. The van der Waals surface area contributed by atoms with Gasteiger partial charge in [-0.1, -0.05) is 26.2 Å². The molecule has 0 saturated heterocycles. The van der Waals surface area contributed by atoms with E-state index in [1.165, 1.54) is 12.8 Å². The van der Waals surface area contributed by atoms with Crippen LogP contribution in [-0.2, 0) is 4.79 Å². The van der Waals surface area contributed by atoms with Crippen LogP contribution in [0.15, 0.2) is 0 Å². The third kappa shape index (κ3) is 4.20. The Balaban J connectivity index is 2.31. The highest BCUT2D eigenvalue weighted by atomic mass is 16.2. The summed E-state index contributed by atoms with van der Waals surface area (Å²) in [6.45, 7) is 5.93. The second-order valence-electron chi connectivity index (χ2n) is 5.22. The number of hydrogen-bond acceptors (Lipinski definition) is 2. The van der Waals surface area contributed by atoms with Crippen molar-refractivity contribution in [2.24, 2.45) is 11.7 Å². The average molecular weight is 212 g/mol. The van der Waals surface area contributed by atoms with Crippen molar-refractivity contribution in [3.63, 3.8) is 0 Å². The highest BCUT2D eigenvalue weighted by Gasteiger charge is 2.30. The second kappa shape index (κ2) is 4.97. The van der Waals surface area contributed by atoms with Gasteiger partial charge in [0.1, 0.15) is 0 Å². The molecule has 88 valence electrons. The largest absolute Gasteiger partial charge is 0.352 e. The van der Waals surface area contributed by atoms with Crippen molar-refractivity contribution in [2.45, 2.75) is 64.5 Å². The van der Waals surface area contributed by atoms with Crippen LogP contribution in [-0.4, -0.2) is 17.5 Å². The highest BCUT2D eigenvalue weighted by Crippen LogP contribution is 2.33. The smallest absolute Gasteiger partial charge is 0.240 e. The summed E-state index contributed by atoms with van der Waals surface area (Å²) >= 11 is 0. The maximum Gasteiger partial charge on any atom is 0.240 e. The molecule has 0 bridgehead atoms. The molecule has 3 nitrogen and oxygen atoms in total. The van der Waals surface area contributed by atoms with Crippen molar-refractivity contribution < 1.29 is 4.79 Å². The monoisotopic (exact) mass is 212 g/mol. The van der Waals surface area contributed by atoms with E-state index in [4.69, 9.17) is 5.73 Å². The molecule has 0 heterocycles. The lowest BCUT2D eigenvalue weighted by Gasteiger charge is -2.25. The summed E-state index contributed by atoms with van der Waals surface area (Å²) in [6, 6.07) is 0.268. The van der Waals surface area contributed by atoms with Gasteiger partial charge in [-0.05, 0) is 32.6 Å². The quantitative estimate of drug-likeness (QED) is 0.705. The number of nitrogens with two attached hydrogens (primary N) is 1. The van der Waals surface area contributed by atoms with Crippen LogP contribution in [0.4, 0.5) is 0 Å². The minimum atomic E-state index is -0.702. The van der Waals surface area contributed by atoms with E-state index in [9.17, 15) is 4.79 Å². The molecule has 0 aromatic carbocycles. The maximum atomic E-state index is 11.8. The van der Waals surface area contributed by atoms with Crippen LogP contribution in [0, 0.1) is 5.92 Å².